The molecule has 0 aliphatic heterocycles. The van der Waals surface area contributed by atoms with Crippen LogP contribution in [0.1, 0.15) is 49.3 Å². The predicted molar refractivity (Wildman–Crippen MR) is 69.8 cm³/mol. The van der Waals surface area contributed by atoms with Gasteiger partial charge in [-0.15, -0.1) is 0 Å². The zero-order chi connectivity index (χ0) is 11.6. The molecular formula is C15H23N. The van der Waals surface area contributed by atoms with Crippen molar-refractivity contribution in [3.63, 3.8) is 0 Å². The van der Waals surface area contributed by atoms with Gasteiger partial charge in [0.2, 0.25) is 0 Å². The van der Waals surface area contributed by atoms with Gasteiger partial charge in [0.25, 0.3) is 0 Å². The lowest BCUT2D eigenvalue weighted by Gasteiger charge is -2.30. The molecule has 2 rings (SSSR count). The molecule has 0 heterocycles. The van der Waals surface area contributed by atoms with Crippen molar-refractivity contribution in [3.05, 3.63) is 34.9 Å². The van der Waals surface area contributed by atoms with Crippen LogP contribution >= 0.6 is 0 Å². The summed E-state index contributed by atoms with van der Waals surface area (Å²) in [6.45, 7) is 5.25. The van der Waals surface area contributed by atoms with Gasteiger partial charge in [0.15, 0.2) is 0 Å². The molecule has 0 unspecified atom stereocenters. The van der Waals surface area contributed by atoms with E-state index in [1.165, 1.54) is 42.4 Å². The molecule has 1 aromatic rings. The number of aryl methyl sites for hydroxylation is 2. The third-order valence-corrected chi connectivity index (χ3v) is 4.23. The highest BCUT2D eigenvalue weighted by Gasteiger charge is 2.35. The normalized spacial score (nSPS) is 18.9. The minimum Gasteiger partial charge on any atom is -0.330 e. The van der Waals surface area contributed by atoms with Crippen molar-refractivity contribution in [2.75, 3.05) is 6.54 Å². The van der Waals surface area contributed by atoms with Gasteiger partial charge < -0.3 is 5.73 Å². The summed E-state index contributed by atoms with van der Waals surface area (Å²) in [6.07, 6.45) is 6.35. The summed E-state index contributed by atoms with van der Waals surface area (Å²) in [7, 11) is 0. The molecule has 0 spiro atoms. The Balaban J connectivity index is 2.44. The summed E-state index contributed by atoms with van der Waals surface area (Å²) in [5.74, 6) is 0. The number of hydrogen-bond acceptors (Lipinski definition) is 1. The Kier molecular flexibility index (Phi) is 3.34. The van der Waals surface area contributed by atoms with Crippen molar-refractivity contribution in [1.29, 1.82) is 0 Å². The maximum absolute atomic E-state index is 6.06. The number of rotatable bonds is 3. The number of nitrogens with two attached hydrogens (primary N) is 1. The molecule has 0 amide bonds. The highest BCUT2D eigenvalue weighted by Crippen LogP contribution is 2.41. The largest absolute Gasteiger partial charge is 0.330 e. The van der Waals surface area contributed by atoms with Crippen molar-refractivity contribution in [2.45, 2.75) is 51.4 Å². The first-order valence-electron chi connectivity index (χ1n) is 6.52. The van der Waals surface area contributed by atoms with Crippen LogP contribution in [0.2, 0.25) is 0 Å². The first-order chi connectivity index (χ1) is 7.72. The van der Waals surface area contributed by atoms with E-state index in [1.807, 2.05) is 0 Å². The summed E-state index contributed by atoms with van der Waals surface area (Å²) < 4.78 is 0. The fourth-order valence-electron chi connectivity index (χ4n) is 3.10. The second kappa shape index (κ2) is 4.58. The Morgan fingerprint density at radius 3 is 2.50 bits per heavy atom. The van der Waals surface area contributed by atoms with E-state index in [2.05, 4.69) is 32.0 Å². The third kappa shape index (κ3) is 1.89. The average Bonchev–Trinajstić information content (AvgIpc) is 2.79. The molecule has 1 heteroatoms. The maximum Gasteiger partial charge on any atom is 0.00782 e. The van der Waals surface area contributed by atoms with Gasteiger partial charge in [-0.2, -0.15) is 0 Å². The maximum atomic E-state index is 6.06. The minimum atomic E-state index is 0.287. The number of benzene rings is 1. The molecule has 2 N–H and O–H groups in total. The van der Waals surface area contributed by atoms with E-state index < -0.39 is 0 Å². The fourth-order valence-corrected chi connectivity index (χ4v) is 3.10. The molecule has 1 saturated carbocycles. The van der Waals surface area contributed by atoms with Crippen LogP contribution in [0.3, 0.4) is 0 Å². The SMILES string of the molecule is CCc1ccc(C)c(C2(CN)CCCC2)c1. The van der Waals surface area contributed by atoms with E-state index >= 15 is 0 Å². The molecule has 88 valence electrons. The first kappa shape index (κ1) is 11.7. The predicted octanol–water partition coefficient (Wildman–Crippen LogP) is 3.33. The molecule has 0 radical (unpaired) electrons. The zero-order valence-corrected chi connectivity index (χ0v) is 10.6. The van der Waals surface area contributed by atoms with Crippen LogP contribution in [0.15, 0.2) is 18.2 Å². The summed E-state index contributed by atoms with van der Waals surface area (Å²) in [4.78, 5) is 0. The van der Waals surface area contributed by atoms with Gasteiger partial charge in [-0.05, 0) is 42.9 Å². The van der Waals surface area contributed by atoms with E-state index in [0.29, 0.717) is 0 Å². The van der Waals surface area contributed by atoms with Crippen LogP contribution in [0.25, 0.3) is 0 Å². The van der Waals surface area contributed by atoms with Gasteiger partial charge in [0, 0.05) is 12.0 Å². The smallest absolute Gasteiger partial charge is 0.00782 e. The molecule has 1 aliphatic carbocycles. The summed E-state index contributed by atoms with van der Waals surface area (Å²) in [5, 5.41) is 0. The van der Waals surface area contributed by atoms with Gasteiger partial charge in [0.1, 0.15) is 0 Å². The average molecular weight is 217 g/mol. The van der Waals surface area contributed by atoms with E-state index in [4.69, 9.17) is 5.73 Å². The Morgan fingerprint density at radius 2 is 1.94 bits per heavy atom. The second-order valence-corrected chi connectivity index (χ2v) is 5.19. The van der Waals surface area contributed by atoms with Crippen LogP contribution in [0.5, 0.6) is 0 Å². The summed E-state index contributed by atoms with van der Waals surface area (Å²) in [5.41, 5.74) is 10.7. The third-order valence-electron chi connectivity index (χ3n) is 4.23. The molecule has 0 atom stereocenters. The van der Waals surface area contributed by atoms with Gasteiger partial charge >= 0.3 is 0 Å². The van der Waals surface area contributed by atoms with Crippen LogP contribution in [-0.4, -0.2) is 6.54 Å². The van der Waals surface area contributed by atoms with Gasteiger partial charge in [-0.25, -0.2) is 0 Å². The number of hydrogen-bond donors (Lipinski definition) is 1. The molecule has 0 bridgehead atoms. The van der Waals surface area contributed by atoms with E-state index in [-0.39, 0.29) is 5.41 Å². The van der Waals surface area contributed by atoms with Crippen LogP contribution < -0.4 is 5.73 Å². The van der Waals surface area contributed by atoms with Gasteiger partial charge in [0.05, 0.1) is 0 Å². The molecule has 16 heavy (non-hydrogen) atoms. The van der Waals surface area contributed by atoms with Crippen molar-refractivity contribution < 1.29 is 0 Å². The van der Waals surface area contributed by atoms with Crippen LogP contribution in [-0.2, 0) is 11.8 Å². The lowest BCUT2D eigenvalue weighted by molar-refractivity contribution is 0.450. The zero-order valence-electron chi connectivity index (χ0n) is 10.6. The highest BCUT2D eigenvalue weighted by molar-refractivity contribution is 5.38. The molecule has 1 fully saturated rings. The molecule has 0 saturated heterocycles. The van der Waals surface area contributed by atoms with E-state index in [9.17, 15) is 0 Å². The highest BCUT2D eigenvalue weighted by atomic mass is 14.6. The lowest BCUT2D eigenvalue weighted by Crippen LogP contribution is -2.32. The minimum absolute atomic E-state index is 0.287. The standard InChI is InChI=1S/C15H23N/c1-3-13-7-6-12(2)14(10-13)15(11-16)8-4-5-9-15/h6-7,10H,3-5,8-9,11,16H2,1-2H3. The van der Waals surface area contributed by atoms with Crippen LogP contribution in [0.4, 0.5) is 0 Å². The lowest BCUT2D eigenvalue weighted by atomic mass is 9.76. The van der Waals surface area contributed by atoms with E-state index in [1.54, 1.807) is 0 Å². The molecule has 1 nitrogen and oxygen atoms in total. The van der Waals surface area contributed by atoms with Crippen molar-refractivity contribution >= 4 is 0 Å². The quantitative estimate of drug-likeness (QED) is 0.825. The van der Waals surface area contributed by atoms with Gasteiger partial charge in [-0.3, -0.25) is 0 Å². The Bertz CT molecular complexity index is 362. The summed E-state index contributed by atoms with van der Waals surface area (Å²) >= 11 is 0. The summed E-state index contributed by atoms with van der Waals surface area (Å²) in [6, 6.07) is 6.91. The van der Waals surface area contributed by atoms with Crippen molar-refractivity contribution in [3.8, 4) is 0 Å². The Morgan fingerprint density at radius 1 is 1.25 bits per heavy atom. The fraction of sp³-hybridized carbons (Fsp3) is 0.600. The molecule has 1 aliphatic rings. The van der Waals surface area contributed by atoms with Crippen molar-refractivity contribution in [1.82, 2.24) is 0 Å². The van der Waals surface area contributed by atoms with Gasteiger partial charge in [-0.1, -0.05) is 38.0 Å². The first-order valence-corrected chi connectivity index (χ1v) is 6.52. The van der Waals surface area contributed by atoms with E-state index in [0.717, 1.165) is 13.0 Å². The topological polar surface area (TPSA) is 26.0 Å². The Labute approximate surface area is 99.0 Å². The van der Waals surface area contributed by atoms with Crippen molar-refractivity contribution in [2.24, 2.45) is 5.73 Å². The molecular weight excluding hydrogens is 194 g/mol. The second-order valence-electron chi connectivity index (χ2n) is 5.19. The molecule has 0 aromatic heterocycles. The molecule has 1 aromatic carbocycles. The van der Waals surface area contributed by atoms with Crippen LogP contribution in [0, 0.1) is 6.92 Å². The Hall–Kier alpha value is -0.820. The monoisotopic (exact) mass is 217 g/mol.